The predicted molar refractivity (Wildman–Crippen MR) is 98.9 cm³/mol. The van der Waals surface area contributed by atoms with Gasteiger partial charge in [0.05, 0.1) is 4.90 Å². The summed E-state index contributed by atoms with van der Waals surface area (Å²) in [7, 11) is -3.56. The molecule has 27 heavy (non-hydrogen) atoms. The molecule has 9 heteroatoms. The maximum Gasteiger partial charge on any atom is 0.311 e. The molecule has 0 aliphatic carbocycles. The molecule has 2 heterocycles. The molecule has 1 saturated heterocycles. The third-order valence-corrected chi connectivity index (χ3v) is 6.53. The Morgan fingerprint density at radius 2 is 1.74 bits per heavy atom. The van der Waals surface area contributed by atoms with Gasteiger partial charge in [-0.2, -0.15) is 4.31 Å². The molecule has 0 bridgehead atoms. The summed E-state index contributed by atoms with van der Waals surface area (Å²) in [4.78, 5) is 14.3. The van der Waals surface area contributed by atoms with Gasteiger partial charge in [0.15, 0.2) is 0 Å². The van der Waals surface area contributed by atoms with Crippen molar-refractivity contribution in [1.82, 2.24) is 19.4 Å². The zero-order valence-corrected chi connectivity index (χ0v) is 16.6. The van der Waals surface area contributed by atoms with Crippen LogP contribution in [0, 0.1) is 0 Å². The topological polar surface area (TPSA) is 96.6 Å². The fourth-order valence-corrected chi connectivity index (χ4v) is 4.29. The van der Waals surface area contributed by atoms with Crippen molar-refractivity contribution in [1.29, 1.82) is 0 Å². The minimum absolute atomic E-state index is 0.0418. The molecule has 3 rings (SSSR count). The van der Waals surface area contributed by atoms with Gasteiger partial charge in [0.1, 0.15) is 0 Å². The Labute approximate surface area is 159 Å². The largest absolute Gasteiger partial charge is 0.417 e. The van der Waals surface area contributed by atoms with E-state index in [-0.39, 0.29) is 48.8 Å². The van der Waals surface area contributed by atoms with Crippen molar-refractivity contribution < 1.29 is 17.6 Å². The molecule has 0 atom stereocenters. The Kier molecular flexibility index (Phi) is 5.61. The third kappa shape index (κ3) is 4.03. The number of carbonyl (C=O) groups is 1. The van der Waals surface area contributed by atoms with Crippen LogP contribution in [0.1, 0.15) is 48.8 Å². The first kappa shape index (κ1) is 19.5. The number of benzene rings is 1. The molecule has 0 saturated carbocycles. The summed E-state index contributed by atoms with van der Waals surface area (Å²) >= 11 is 0. The summed E-state index contributed by atoms with van der Waals surface area (Å²) in [6.07, 6.45) is 0.856. The third-order valence-electron chi connectivity index (χ3n) is 4.61. The molecule has 0 N–H and O–H groups in total. The van der Waals surface area contributed by atoms with Gasteiger partial charge in [-0.3, -0.25) is 4.79 Å². The van der Waals surface area contributed by atoms with Crippen molar-refractivity contribution in [2.24, 2.45) is 0 Å². The molecule has 0 unspecified atom stereocenters. The second-order valence-corrected chi connectivity index (χ2v) is 8.73. The van der Waals surface area contributed by atoms with Gasteiger partial charge in [0.25, 0.3) is 0 Å². The first-order chi connectivity index (χ1) is 12.8. The maximum absolute atomic E-state index is 12.8. The van der Waals surface area contributed by atoms with Crippen LogP contribution < -0.4 is 0 Å². The van der Waals surface area contributed by atoms with Gasteiger partial charge < -0.3 is 9.32 Å². The summed E-state index contributed by atoms with van der Waals surface area (Å²) < 4.78 is 32.4. The Balaban J connectivity index is 1.65. The van der Waals surface area contributed by atoms with Gasteiger partial charge in [-0.05, 0) is 24.1 Å². The average Bonchev–Trinajstić information content (AvgIpc) is 3.18. The van der Waals surface area contributed by atoms with Crippen molar-refractivity contribution in [3.8, 4) is 0 Å². The standard InChI is InChI=1S/C18H24N4O4S/c1-4-14-5-7-15(8-6-14)27(24,25)22-11-9-21(10-12-22)18(23)17-20-19-16(26-17)13(2)3/h5-8,13H,4,9-12H2,1-3H3. The molecule has 146 valence electrons. The lowest BCUT2D eigenvalue weighted by atomic mass is 10.2. The van der Waals surface area contributed by atoms with Crippen LogP contribution >= 0.6 is 0 Å². The van der Waals surface area contributed by atoms with Gasteiger partial charge in [-0.15, -0.1) is 10.2 Å². The highest BCUT2D eigenvalue weighted by Crippen LogP contribution is 2.20. The smallest absolute Gasteiger partial charge is 0.311 e. The number of hydrogen-bond acceptors (Lipinski definition) is 6. The van der Waals surface area contributed by atoms with E-state index < -0.39 is 10.0 Å². The zero-order valence-electron chi connectivity index (χ0n) is 15.8. The second-order valence-electron chi connectivity index (χ2n) is 6.79. The fourth-order valence-electron chi connectivity index (χ4n) is 2.87. The van der Waals surface area contributed by atoms with Crippen molar-refractivity contribution in [3.63, 3.8) is 0 Å². The van der Waals surface area contributed by atoms with Crippen LogP contribution in [0.3, 0.4) is 0 Å². The Bertz CT molecular complexity index is 898. The Hall–Kier alpha value is -2.26. The number of amides is 1. The SMILES string of the molecule is CCc1ccc(S(=O)(=O)N2CCN(C(=O)c3nnc(C(C)C)o3)CC2)cc1. The minimum atomic E-state index is -3.56. The highest BCUT2D eigenvalue weighted by molar-refractivity contribution is 7.89. The van der Waals surface area contributed by atoms with Crippen LogP contribution in [0.25, 0.3) is 0 Å². The van der Waals surface area contributed by atoms with E-state index in [0.717, 1.165) is 12.0 Å². The van der Waals surface area contributed by atoms with Gasteiger partial charge in [-0.1, -0.05) is 32.9 Å². The van der Waals surface area contributed by atoms with E-state index in [9.17, 15) is 13.2 Å². The maximum atomic E-state index is 12.8. The van der Waals surface area contributed by atoms with E-state index in [4.69, 9.17) is 4.42 Å². The summed E-state index contributed by atoms with van der Waals surface area (Å²) in [5.41, 5.74) is 1.09. The molecular weight excluding hydrogens is 368 g/mol. The number of carbonyl (C=O) groups excluding carboxylic acids is 1. The summed E-state index contributed by atoms with van der Waals surface area (Å²) in [6.45, 7) is 6.85. The number of aryl methyl sites for hydroxylation is 1. The lowest BCUT2D eigenvalue weighted by Crippen LogP contribution is -2.50. The summed E-state index contributed by atoms with van der Waals surface area (Å²) in [5.74, 6) is 0.0409. The van der Waals surface area contributed by atoms with Gasteiger partial charge >= 0.3 is 11.8 Å². The van der Waals surface area contributed by atoms with Crippen LogP contribution in [-0.4, -0.2) is 59.9 Å². The number of hydrogen-bond donors (Lipinski definition) is 0. The highest BCUT2D eigenvalue weighted by atomic mass is 32.2. The number of piperazine rings is 1. The van der Waals surface area contributed by atoms with Crippen molar-refractivity contribution in [2.45, 2.75) is 38.0 Å². The van der Waals surface area contributed by atoms with Crippen LogP contribution in [-0.2, 0) is 16.4 Å². The molecule has 1 aromatic carbocycles. The van der Waals surface area contributed by atoms with Crippen LogP contribution in [0.4, 0.5) is 0 Å². The second kappa shape index (κ2) is 7.77. The van der Waals surface area contributed by atoms with Gasteiger partial charge in [0, 0.05) is 32.1 Å². The van der Waals surface area contributed by atoms with Gasteiger partial charge in [-0.25, -0.2) is 8.42 Å². The number of rotatable bonds is 5. The quantitative estimate of drug-likeness (QED) is 0.771. The molecule has 1 aliphatic rings. The average molecular weight is 392 g/mol. The van der Waals surface area contributed by atoms with E-state index in [0.29, 0.717) is 5.89 Å². The number of nitrogens with zero attached hydrogens (tertiary/aromatic N) is 4. The fraction of sp³-hybridized carbons (Fsp3) is 0.500. The summed E-state index contributed by atoms with van der Waals surface area (Å²) in [6, 6.07) is 6.93. The number of sulfonamides is 1. The molecule has 2 aromatic rings. The van der Waals surface area contributed by atoms with Crippen molar-refractivity contribution in [3.05, 3.63) is 41.6 Å². The van der Waals surface area contributed by atoms with E-state index >= 15 is 0 Å². The lowest BCUT2D eigenvalue weighted by molar-refractivity contribution is 0.0655. The first-order valence-corrected chi connectivity index (χ1v) is 10.5. The Morgan fingerprint density at radius 1 is 1.11 bits per heavy atom. The van der Waals surface area contributed by atoms with Crippen molar-refractivity contribution in [2.75, 3.05) is 26.2 Å². The molecule has 1 aliphatic heterocycles. The van der Waals surface area contributed by atoms with Crippen LogP contribution in [0.2, 0.25) is 0 Å². The minimum Gasteiger partial charge on any atom is -0.417 e. The van der Waals surface area contributed by atoms with E-state index in [1.807, 2.05) is 32.9 Å². The predicted octanol–water partition coefficient (Wildman–Crippen LogP) is 1.90. The molecule has 1 fully saturated rings. The van der Waals surface area contributed by atoms with Crippen molar-refractivity contribution >= 4 is 15.9 Å². The van der Waals surface area contributed by atoms with E-state index in [2.05, 4.69) is 10.2 Å². The first-order valence-electron chi connectivity index (χ1n) is 9.04. The van der Waals surface area contributed by atoms with Gasteiger partial charge in [0.2, 0.25) is 15.9 Å². The van der Waals surface area contributed by atoms with Crippen LogP contribution in [0.15, 0.2) is 33.6 Å². The number of aromatic nitrogens is 2. The van der Waals surface area contributed by atoms with E-state index in [1.54, 1.807) is 17.0 Å². The highest BCUT2D eigenvalue weighted by Gasteiger charge is 2.32. The molecule has 8 nitrogen and oxygen atoms in total. The van der Waals surface area contributed by atoms with Crippen LogP contribution in [0.5, 0.6) is 0 Å². The summed E-state index contributed by atoms with van der Waals surface area (Å²) in [5, 5.41) is 7.67. The molecule has 0 spiro atoms. The molecule has 1 amide bonds. The molecule has 1 aromatic heterocycles. The Morgan fingerprint density at radius 3 is 2.26 bits per heavy atom. The molecule has 0 radical (unpaired) electrons. The monoisotopic (exact) mass is 392 g/mol. The van der Waals surface area contributed by atoms with E-state index in [1.165, 1.54) is 4.31 Å². The zero-order chi connectivity index (χ0) is 19.6. The molecular formula is C18H24N4O4S. The lowest BCUT2D eigenvalue weighted by Gasteiger charge is -2.33. The normalized spacial score (nSPS) is 16.1.